The van der Waals surface area contributed by atoms with E-state index in [1.807, 2.05) is 11.3 Å². The van der Waals surface area contributed by atoms with E-state index in [2.05, 4.69) is 31.5 Å². The quantitative estimate of drug-likeness (QED) is 0.862. The van der Waals surface area contributed by atoms with E-state index < -0.39 is 0 Å². The lowest BCUT2D eigenvalue weighted by molar-refractivity contribution is 0.174. The van der Waals surface area contributed by atoms with Crippen molar-refractivity contribution in [3.05, 3.63) is 16.1 Å². The Bertz CT molecular complexity index is 374. The van der Waals surface area contributed by atoms with E-state index >= 15 is 0 Å². The maximum absolute atomic E-state index is 4.78. The highest BCUT2D eigenvalue weighted by molar-refractivity contribution is 7.09. The van der Waals surface area contributed by atoms with Gasteiger partial charge in [0.1, 0.15) is 5.01 Å². The van der Waals surface area contributed by atoms with Crippen LogP contribution in [0.15, 0.2) is 5.38 Å². The molecule has 1 aliphatic carbocycles. The first-order chi connectivity index (χ1) is 8.70. The van der Waals surface area contributed by atoms with Crippen molar-refractivity contribution in [2.75, 3.05) is 6.54 Å². The van der Waals surface area contributed by atoms with Crippen LogP contribution in [0.25, 0.3) is 0 Å². The molecule has 1 aromatic rings. The molecular weight excluding hydrogens is 240 g/mol. The fourth-order valence-electron chi connectivity index (χ4n) is 3.11. The molecule has 0 bridgehead atoms. The average molecular weight is 266 g/mol. The van der Waals surface area contributed by atoms with Crippen molar-refractivity contribution >= 4 is 11.3 Å². The molecule has 0 amide bonds. The summed E-state index contributed by atoms with van der Waals surface area (Å²) in [5, 5.41) is 7.35. The molecule has 0 aliphatic heterocycles. The number of hydrogen-bond acceptors (Lipinski definition) is 3. The Labute approximate surface area is 115 Å². The number of hydrogen-bond donors (Lipinski definition) is 1. The normalized spacial score (nSPS) is 28.5. The number of nitrogens with zero attached hydrogens (tertiary/aromatic N) is 1. The van der Waals surface area contributed by atoms with Crippen LogP contribution in [0.2, 0.25) is 0 Å². The third-order valence-corrected chi connectivity index (χ3v) is 5.34. The van der Waals surface area contributed by atoms with Gasteiger partial charge in [0.15, 0.2) is 0 Å². The minimum atomic E-state index is 0.174. The second-order valence-electron chi connectivity index (χ2n) is 5.67. The summed E-state index contributed by atoms with van der Waals surface area (Å²) >= 11 is 1.84. The largest absolute Gasteiger partial charge is 0.305 e. The molecule has 18 heavy (non-hydrogen) atoms. The lowest BCUT2D eigenvalue weighted by Crippen LogP contribution is -2.46. The molecule has 1 aliphatic rings. The van der Waals surface area contributed by atoms with Crippen molar-refractivity contribution in [2.24, 2.45) is 5.92 Å². The molecule has 1 heterocycles. The van der Waals surface area contributed by atoms with Crippen molar-refractivity contribution in [3.8, 4) is 0 Å². The fraction of sp³-hybridized carbons (Fsp3) is 0.800. The summed E-state index contributed by atoms with van der Waals surface area (Å²) in [4.78, 5) is 4.78. The summed E-state index contributed by atoms with van der Waals surface area (Å²) in [5.41, 5.74) is 1.35. The summed E-state index contributed by atoms with van der Waals surface area (Å²) in [5.74, 6) is 0.868. The predicted molar refractivity (Wildman–Crippen MR) is 79.1 cm³/mol. The molecule has 1 fully saturated rings. The van der Waals surface area contributed by atoms with Gasteiger partial charge in [-0.15, -0.1) is 11.3 Å². The van der Waals surface area contributed by atoms with Gasteiger partial charge < -0.3 is 5.32 Å². The zero-order valence-corrected chi connectivity index (χ0v) is 12.8. The van der Waals surface area contributed by atoms with Crippen molar-refractivity contribution in [1.82, 2.24) is 10.3 Å². The molecule has 1 N–H and O–H groups in total. The molecule has 3 heteroatoms. The summed E-state index contributed by atoms with van der Waals surface area (Å²) in [6.07, 6.45) is 7.78. The van der Waals surface area contributed by atoms with E-state index in [0.717, 1.165) is 12.5 Å². The predicted octanol–water partition coefficient (Wildman–Crippen LogP) is 4.25. The van der Waals surface area contributed by atoms with Crippen LogP contribution in [0.1, 0.15) is 63.1 Å². The summed E-state index contributed by atoms with van der Waals surface area (Å²) in [6, 6.07) is 0. The molecule has 0 saturated heterocycles. The third-order valence-electron chi connectivity index (χ3n) is 4.17. The molecule has 1 aromatic heterocycles. The van der Waals surface area contributed by atoms with Gasteiger partial charge in [0, 0.05) is 11.1 Å². The number of aryl methyl sites for hydroxylation is 1. The monoisotopic (exact) mass is 266 g/mol. The van der Waals surface area contributed by atoms with Crippen molar-refractivity contribution in [2.45, 2.75) is 64.8 Å². The zero-order chi connectivity index (χ0) is 13.0. The fourth-order valence-corrected chi connectivity index (χ4v) is 4.12. The van der Waals surface area contributed by atoms with E-state index in [0.29, 0.717) is 0 Å². The van der Waals surface area contributed by atoms with Crippen molar-refractivity contribution < 1.29 is 0 Å². The van der Waals surface area contributed by atoms with Crippen LogP contribution in [0, 0.1) is 12.8 Å². The Hall–Kier alpha value is -0.410. The summed E-state index contributed by atoms with van der Waals surface area (Å²) < 4.78 is 0. The van der Waals surface area contributed by atoms with Gasteiger partial charge in [-0.3, -0.25) is 0 Å². The van der Waals surface area contributed by atoms with Gasteiger partial charge in [-0.2, -0.15) is 0 Å². The Morgan fingerprint density at radius 2 is 2.33 bits per heavy atom. The number of rotatable bonds is 5. The van der Waals surface area contributed by atoms with Crippen LogP contribution in [-0.4, -0.2) is 11.5 Å². The lowest BCUT2D eigenvalue weighted by Gasteiger charge is -2.40. The van der Waals surface area contributed by atoms with Gasteiger partial charge in [-0.25, -0.2) is 4.98 Å². The molecule has 0 spiro atoms. The SMILES string of the molecule is CCCNC1(c2nc(C)cs2)CCCC(CC)C1. The number of aromatic nitrogens is 1. The maximum Gasteiger partial charge on any atom is 0.113 e. The van der Waals surface area contributed by atoms with E-state index in [9.17, 15) is 0 Å². The average Bonchev–Trinajstić information content (AvgIpc) is 2.84. The van der Waals surface area contributed by atoms with Crippen LogP contribution in [0.3, 0.4) is 0 Å². The highest BCUT2D eigenvalue weighted by atomic mass is 32.1. The van der Waals surface area contributed by atoms with Gasteiger partial charge in [0.05, 0.1) is 5.54 Å². The Balaban J connectivity index is 2.22. The molecule has 2 rings (SSSR count). The molecule has 0 radical (unpaired) electrons. The van der Waals surface area contributed by atoms with Gasteiger partial charge in [0.2, 0.25) is 0 Å². The zero-order valence-electron chi connectivity index (χ0n) is 12.0. The van der Waals surface area contributed by atoms with E-state index in [4.69, 9.17) is 4.98 Å². The van der Waals surface area contributed by atoms with Crippen LogP contribution in [0.5, 0.6) is 0 Å². The lowest BCUT2D eigenvalue weighted by atomic mass is 9.75. The minimum absolute atomic E-state index is 0.174. The van der Waals surface area contributed by atoms with E-state index in [-0.39, 0.29) is 5.54 Å². The van der Waals surface area contributed by atoms with Crippen LogP contribution in [-0.2, 0) is 5.54 Å². The first-order valence-electron chi connectivity index (χ1n) is 7.38. The van der Waals surface area contributed by atoms with Gasteiger partial charge in [-0.05, 0) is 38.6 Å². The second-order valence-corrected chi connectivity index (χ2v) is 6.53. The van der Waals surface area contributed by atoms with Crippen LogP contribution < -0.4 is 5.32 Å². The van der Waals surface area contributed by atoms with Gasteiger partial charge in [-0.1, -0.05) is 33.1 Å². The highest BCUT2D eigenvalue weighted by Crippen LogP contribution is 2.42. The minimum Gasteiger partial charge on any atom is -0.305 e. The third kappa shape index (κ3) is 2.94. The standard InChI is InChI=1S/C15H26N2S/c1-4-9-16-15(14-17-12(3)11-18-14)8-6-7-13(5-2)10-15/h11,13,16H,4-10H2,1-3H3. The molecule has 0 aromatic carbocycles. The first kappa shape index (κ1) is 14.0. The maximum atomic E-state index is 4.78. The molecule has 102 valence electrons. The molecular formula is C15H26N2S. The van der Waals surface area contributed by atoms with Gasteiger partial charge in [0.25, 0.3) is 0 Å². The molecule has 2 unspecified atom stereocenters. The van der Waals surface area contributed by atoms with Crippen LogP contribution >= 0.6 is 11.3 Å². The smallest absolute Gasteiger partial charge is 0.113 e. The number of thiazole rings is 1. The van der Waals surface area contributed by atoms with Crippen molar-refractivity contribution in [1.29, 1.82) is 0 Å². The van der Waals surface area contributed by atoms with Gasteiger partial charge >= 0.3 is 0 Å². The first-order valence-corrected chi connectivity index (χ1v) is 8.25. The molecule has 1 saturated carbocycles. The highest BCUT2D eigenvalue weighted by Gasteiger charge is 2.38. The summed E-state index contributed by atoms with van der Waals surface area (Å²) in [7, 11) is 0. The molecule has 2 nitrogen and oxygen atoms in total. The summed E-state index contributed by atoms with van der Waals surface area (Å²) in [6.45, 7) is 7.78. The Kier molecular flexibility index (Phi) is 4.79. The Morgan fingerprint density at radius 3 is 2.94 bits per heavy atom. The Morgan fingerprint density at radius 1 is 1.50 bits per heavy atom. The number of nitrogens with one attached hydrogen (secondary N) is 1. The topological polar surface area (TPSA) is 24.9 Å². The van der Waals surface area contributed by atoms with E-state index in [1.165, 1.54) is 49.2 Å². The van der Waals surface area contributed by atoms with Crippen molar-refractivity contribution in [3.63, 3.8) is 0 Å². The second kappa shape index (κ2) is 6.16. The molecule has 2 atom stereocenters. The van der Waals surface area contributed by atoms with E-state index in [1.54, 1.807) is 0 Å². The van der Waals surface area contributed by atoms with Crippen LogP contribution in [0.4, 0.5) is 0 Å².